The fraction of sp³-hybridized carbons (Fsp3) is 0.650. The monoisotopic (exact) mass is 396 g/mol. The number of rotatable bonds is 10. The maximum Gasteiger partial charge on any atom is 0.243 e. The Hall–Kier alpha value is -1.60. The normalized spacial score (nSPS) is 16.2. The zero-order chi connectivity index (χ0) is 19.7. The van der Waals surface area contributed by atoms with Gasteiger partial charge in [0, 0.05) is 25.6 Å². The van der Waals surface area contributed by atoms with Crippen molar-refractivity contribution in [1.29, 1.82) is 0 Å². The molecule has 1 aliphatic rings. The molecule has 1 saturated heterocycles. The third-order valence-corrected chi connectivity index (χ3v) is 6.84. The van der Waals surface area contributed by atoms with E-state index in [1.807, 2.05) is 6.92 Å². The quantitative estimate of drug-likeness (QED) is 0.616. The van der Waals surface area contributed by atoms with E-state index in [1.165, 1.54) is 17.1 Å². The molecule has 0 spiro atoms. The lowest BCUT2D eigenvalue weighted by Gasteiger charge is -2.30. The van der Waals surface area contributed by atoms with E-state index in [0.29, 0.717) is 44.8 Å². The van der Waals surface area contributed by atoms with Gasteiger partial charge in [0.05, 0.1) is 11.5 Å². The van der Waals surface area contributed by atoms with Crippen molar-refractivity contribution in [3.63, 3.8) is 0 Å². The summed E-state index contributed by atoms with van der Waals surface area (Å²) < 4.78 is 32.4. The number of carbonyl (C=O) groups excluding carboxylic acids is 1. The number of unbranched alkanes of at least 4 members (excludes halogenated alkanes) is 3. The Morgan fingerprint density at radius 1 is 1.11 bits per heavy atom. The van der Waals surface area contributed by atoms with Crippen LogP contribution in [0.15, 0.2) is 29.2 Å². The molecule has 2 rings (SSSR count). The maximum atomic E-state index is 12.8. The van der Waals surface area contributed by atoms with Gasteiger partial charge in [-0.25, -0.2) is 8.42 Å². The van der Waals surface area contributed by atoms with Crippen LogP contribution >= 0.6 is 0 Å². The Morgan fingerprint density at radius 2 is 1.78 bits per heavy atom. The van der Waals surface area contributed by atoms with Crippen molar-refractivity contribution in [2.75, 3.05) is 26.2 Å². The summed E-state index contributed by atoms with van der Waals surface area (Å²) in [5.41, 5.74) is 0. The van der Waals surface area contributed by atoms with Gasteiger partial charge in [-0.15, -0.1) is 0 Å². The van der Waals surface area contributed by atoms with Crippen molar-refractivity contribution in [3.8, 4) is 5.75 Å². The van der Waals surface area contributed by atoms with Crippen LogP contribution in [0.1, 0.15) is 52.4 Å². The molecule has 0 unspecified atom stereocenters. The number of hydrogen-bond acceptors (Lipinski definition) is 4. The van der Waals surface area contributed by atoms with Gasteiger partial charge in [0.15, 0.2) is 0 Å². The van der Waals surface area contributed by atoms with Crippen LogP contribution in [-0.4, -0.2) is 44.9 Å². The van der Waals surface area contributed by atoms with Crippen LogP contribution in [0.3, 0.4) is 0 Å². The van der Waals surface area contributed by atoms with Gasteiger partial charge in [0.2, 0.25) is 15.9 Å². The highest BCUT2D eigenvalue weighted by molar-refractivity contribution is 7.89. The highest BCUT2D eigenvalue weighted by Gasteiger charge is 2.31. The molecule has 0 aromatic heterocycles. The highest BCUT2D eigenvalue weighted by atomic mass is 32.2. The third-order valence-electron chi connectivity index (χ3n) is 4.93. The summed E-state index contributed by atoms with van der Waals surface area (Å²) in [6, 6.07) is 6.51. The second-order valence-electron chi connectivity index (χ2n) is 6.93. The molecule has 1 amide bonds. The van der Waals surface area contributed by atoms with Gasteiger partial charge in [-0.2, -0.15) is 4.31 Å². The molecule has 0 atom stereocenters. The molecule has 27 heavy (non-hydrogen) atoms. The van der Waals surface area contributed by atoms with E-state index in [4.69, 9.17) is 4.74 Å². The molecule has 1 aliphatic heterocycles. The Bertz CT molecular complexity index is 680. The summed E-state index contributed by atoms with van der Waals surface area (Å²) in [4.78, 5) is 12.5. The zero-order valence-corrected chi connectivity index (χ0v) is 17.3. The molecule has 0 bridgehead atoms. The van der Waals surface area contributed by atoms with E-state index in [9.17, 15) is 13.2 Å². The van der Waals surface area contributed by atoms with Gasteiger partial charge in [-0.05, 0) is 50.5 Å². The summed E-state index contributed by atoms with van der Waals surface area (Å²) >= 11 is 0. The predicted molar refractivity (Wildman–Crippen MR) is 106 cm³/mol. The molecule has 7 heteroatoms. The first-order valence-electron chi connectivity index (χ1n) is 9.99. The van der Waals surface area contributed by atoms with Crippen LogP contribution in [0.25, 0.3) is 0 Å². The molecular formula is C20H32N2O4S. The summed E-state index contributed by atoms with van der Waals surface area (Å²) in [6.07, 6.45) is 5.64. The Labute approximate surface area is 163 Å². The molecule has 1 N–H and O–H groups in total. The number of piperidine rings is 1. The lowest BCUT2D eigenvalue weighted by atomic mass is 9.97. The van der Waals surface area contributed by atoms with Crippen LogP contribution in [0.2, 0.25) is 0 Å². The van der Waals surface area contributed by atoms with E-state index in [2.05, 4.69) is 12.2 Å². The van der Waals surface area contributed by atoms with Crippen molar-refractivity contribution in [2.24, 2.45) is 5.92 Å². The first-order valence-corrected chi connectivity index (χ1v) is 11.4. The molecular weight excluding hydrogens is 364 g/mol. The van der Waals surface area contributed by atoms with Crippen LogP contribution in [-0.2, 0) is 14.8 Å². The fourth-order valence-corrected chi connectivity index (χ4v) is 4.76. The number of nitrogens with one attached hydrogen (secondary N) is 1. The van der Waals surface area contributed by atoms with Gasteiger partial charge in [0.1, 0.15) is 5.75 Å². The van der Waals surface area contributed by atoms with Gasteiger partial charge in [0.25, 0.3) is 0 Å². The Kier molecular flexibility index (Phi) is 8.57. The van der Waals surface area contributed by atoms with Crippen LogP contribution in [0.5, 0.6) is 5.75 Å². The van der Waals surface area contributed by atoms with Crippen molar-refractivity contribution in [3.05, 3.63) is 24.3 Å². The van der Waals surface area contributed by atoms with Crippen LogP contribution in [0.4, 0.5) is 0 Å². The Morgan fingerprint density at radius 3 is 2.37 bits per heavy atom. The number of carbonyl (C=O) groups is 1. The first-order chi connectivity index (χ1) is 13.0. The van der Waals surface area contributed by atoms with Crippen molar-refractivity contribution in [2.45, 2.75) is 57.3 Å². The third kappa shape index (κ3) is 6.21. The fourth-order valence-electron chi connectivity index (χ4n) is 3.29. The molecule has 1 fully saturated rings. The van der Waals surface area contributed by atoms with Crippen molar-refractivity contribution >= 4 is 15.9 Å². The predicted octanol–water partition coefficient (Wildman–Crippen LogP) is 3.18. The standard InChI is InChI=1S/C20H32N2O4S/c1-3-5-6-7-14-21-20(23)17-12-15-22(16-13-17)27(24,25)19-10-8-18(9-11-19)26-4-2/h8-11,17H,3-7,12-16H2,1-2H3,(H,21,23). The topological polar surface area (TPSA) is 75.7 Å². The second kappa shape index (κ2) is 10.7. The average molecular weight is 397 g/mol. The van der Waals surface area contributed by atoms with Crippen molar-refractivity contribution in [1.82, 2.24) is 9.62 Å². The van der Waals surface area contributed by atoms with Crippen LogP contribution in [0, 0.1) is 5.92 Å². The number of hydrogen-bond donors (Lipinski definition) is 1. The molecule has 0 radical (unpaired) electrons. The number of sulfonamides is 1. The molecule has 152 valence electrons. The number of amides is 1. The minimum absolute atomic E-state index is 0.0598. The molecule has 1 heterocycles. The smallest absolute Gasteiger partial charge is 0.243 e. The molecule has 1 aromatic rings. The number of ether oxygens (including phenoxy) is 1. The highest BCUT2D eigenvalue weighted by Crippen LogP contribution is 2.25. The van der Waals surface area contributed by atoms with E-state index in [1.54, 1.807) is 24.3 Å². The van der Waals surface area contributed by atoms with E-state index < -0.39 is 10.0 Å². The SMILES string of the molecule is CCCCCCNC(=O)C1CCN(S(=O)(=O)c2ccc(OCC)cc2)CC1. The van der Waals surface area contributed by atoms with Gasteiger partial charge >= 0.3 is 0 Å². The second-order valence-corrected chi connectivity index (χ2v) is 8.87. The number of benzene rings is 1. The minimum atomic E-state index is -3.52. The lowest BCUT2D eigenvalue weighted by Crippen LogP contribution is -2.43. The zero-order valence-electron chi connectivity index (χ0n) is 16.4. The van der Waals surface area contributed by atoms with Crippen LogP contribution < -0.4 is 10.1 Å². The summed E-state index contributed by atoms with van der Waals surface area (Å²) in [5, 5.41) is 2.99. The van der Waals surface area contributed by atoms with E-state index in [0.717, 1.165) is 12.8 Å². The van der Waals surface area contributed by atoms with Gasteiger partial charge < -0.3 is 10.1 Å². The van der Waals surface area contributed by atoms with Gasteiger partial charge in [-0.1, -0.05) is 26.2 Å². The van der Waals surface area contributed by atoms with Gasteiger partial charge in [-0.3, -0.25) is 4.79 Å². The summed E-state index contributed by atoms with van der Waals surface area (Å²) in [5.74, 6) is 0.623. The lowest BCUT2D eigenvalue weighted by molar-refractivity contribution is -0.126. The average Bonchev–Trinajstić information content (AvgIpc) is 2.68. The molecule has 0 saturated carbocycles. The Balaban J connectivity index is 1.84. The largest absolute Gasteiger partial charge is 0.494 e. The summed E-state index contributed by atoms with van der Waals surface area (Å²) in [6.45, 7) is 6.06. The summed E-state index contributed by atoms with van der Waals surface area (Å²) in [7, 11) is -3.52. The van der Waals surface area contributed by atoms with E-state index >= 15 is 0 Å². The molecule has 0 aliphatic carbocycles. The van der Waals surface area contributed by atoms with E-state index in [-0.39, 0.29) is 16.7 Å². The minimum Gasteiger partial charge on any atom is -0.494 e. The first kappa shape index (κ1) is 21.7. The molecule has 1 aromatic carbocycles. The molecule has 6 nitrogen and oxygen atoms in total. The maximum absolute atomic E-state index is 12.8. The van der Waals surface area contributed by atoms with Crippen molar-refractivity contribution < 1.29 is 17.9 Å². The number of nitrogens with zero attached hydrogens (tertiary/aromatic N) is 1.